The van der Waals surface area contributed by atoms with Crippen LogP contribution in [0.15, 0.2) is 42.5 Å². The van der Waals surface area contributed by atoms with Crippen LogP contribution in [0.25, 0.3) is 0 Å². The Kier molecular flexibility index (Phi) is 4.00. The zero-order valence-electron chi connectivity index (χ0n) is 9.73. The van der Waals surface area contributed by atoms with E-state index >= 15 is 0 Å². The van der Waals surface area contributed by atoms with E-state index in [4.69, 9.17) is 27.9 Å². The molecule has 2 rings (SSSR count). The highest BCUT2D eigenvalue weighted by atomic mass is 35.5. The van der Waals surface area contributed by atoms with E-state index in [0.717, 1.165) is 5.56 Å². The van der Waals surface area contributed by atoms with Gasteiger partial charge in [0.15, 0.2) is 5.75 Å². The maximum Gasteiger partial charge on any atom is 0.157 e. The predicted molar refractivity (Wildman–Crippen MR) is 73.6 cm³/mol. The van der Waals surface area contributed by atoms with Gasteiger partial charge in [0.25, 0.3) is 0 Å². The van der Waals surface area contributed by atoms with Crippen molar-refractivity contribution < 1.29 is 9.84 Å². The molecule has 0 aromatic heterocycles. The first-order valence-corrected chi connectivity index (χ1v) is 6.23. The zero-order valence-corrected chi connectivity index (χ0v) is 11.2. The van der Waals surface area contributed by atoms with E-state index in [0.29, 0.717) is 15.8 Å². The summed E-state index contributed by atoms with van der Waals surface area (Å²) in [5.41, 5.74) is 1.03. The number of ether oxygens (including phenoxy) is 1. The molecule has 4 heteroatoms. The Morgan fingerprint density at radius 3 is 2.17 bits per heavy atom. The lowest BCUT2D eigenvalue weighted by Gasteiger charge is -2.17. The van der Waals surface area contributed by atoms with Crippen LogP contribution in [0.1, 0.15) is 18.6 Å². The van der Waals surface area contributed by atoms with Crippen LogP contribution in [0.5, 0.6) is 11.5 Å². The van der Waals surface area contributed by atoms with Gasteiger partial charge >= 0.3 is 0 Å². The standard InChI is InChI=1S/C14H12Cl2O2/c1-9(10-5-3-2-4-6-10)18-14-12(15)7-11(17)8-13(14)16/h2-9,17H,1H3. The summed E-state index contributed by atoms with van der Waals surface area (Å²) < 4.78 is 5.74. The number of halogens is 2. The number of hydrogen-bond acceptors (Lipinski definition) is 2. The molecule has 18 heavy (non-hydrogen) atoms. The van der Waals surface area contributed by atoms with E-state index in [1.54, 1.807) is 0 Å². The van der Waals surface area contributed by atoms with Gasteiger partial charge in [-0.15, -0.1) is 0 Å². The van der Waals surface area contributed by atoms with E-state index in [2.05, 4.69) is 0 Å². The van der Waals surface area contributed by atoms with E-state index in [-0.39, 0.29) is 11.9 Å². The number of aromatic hydroxyl groups is 1. The highest BCUT2D eigenvalue weighted by Crippen LogP contribution is 2.38. The van der Waals surface area contributed by atoms with E-state index in [1.807, 2.05) is 37.3 Å². The molecule has 1 unspecified atom stereocenters. The minimum Gasteiger partial charge on any atom is -0.508 e. The van der Waals surface area contributed by atoms with Crippen LogP contribution in [-0.4, -0.2) is 5.11 Å². The van der Waals surface area contributed by atoms with Crippen LogP contribution in [0.2, 0.25) is 10.0 Å². The minimum absolute atomic E-state index is 0.0183. The molecule has 0 bridgehead atoms. The molecule has 0 heterocycles. The third-order valence-corrected chi connectivity index (χ3v) is 3.11. The zero-order chi connectivity index (χ0) is 13.1. The summed E-state index contributed by atoms with van der Waals surface area (Å²) in [6, 6.07) is 12.6. The van der Waals surface area contributed by atoms with Gasteiger partial charge in [-0.2, -0.15) is 0 Å². The first-order valence-electron chi connectivity index (χ1n) is 5.47. The highest BCUT2D eigenvalue weighted by Gasteiger charge is 2.14. The predicted octanol–water partition coefficient (Wildman–Crippen LogP) is 4.84. The molecule has 2 aromatic rings. The fourth-order valence-corrected chi connectivity index (χ4v) is 2.19. The molecule has 0 radical (unpaired) electrons. The molecule has 0 amide bonds. The van der Waals surface area contributed by atoms with Gasteiger partial charge in [-0.1, -0.05) is 53.5 Å². The van der Waals surface area contributed by atoms with Gasteiger partial charge in [-0.05, 0) is 12.5 Å². The fourth-order valence-electron chi connectivity index (χ4n) is 1.63. The van der Waals surface area contributed by atoms with Gasteiger partial charge in [0.05, 0.1) is 10.0 Å². The molecule has 0 saturated carbocycles. The van der Waals surface area contributed by atoms with Crippen molar-refractivity contribution >= 4 is 23.2 Å². The van der Waals surface area contributed by atoms with Crippen molar-refractivity contribution in [3.05, 3.63) is 58.1 Å². The Labute approximate surface area is 116 Å². The van der Waals surface area contributed by atoms with Gasteiger partial charge in [0.2, 0.25) is 0 Å². The third-order valence-electron chi connectivity index (χ3n) is 2.55. The van der Waals surface area contributed by atoms with Gasteiger partial charge < -0.3 is 9.84 Å². The second kappa shape index (κ2) is 5.51. The van der Waals surface area contributed by atoms with Crippen LogP contribution in [0.3, 0.4) is 0 Å². The quantitative estimate of drug-likeness (QED) is 0.873. The molecule has 0 aliphatic rings. The topological polar surface area (TPSA) is 29.5 Å². The average Bonchev–Trinajstić information content (AvgIpc) is 2.34. The number of hydrogen-bond donors (Lipinski definition) is 1. The maximum absolute atomic E-state index is 9.35. The molecule has 0 aliphatic carbocycles. The van der Waals surface area contributed by atoms with Crippen molar-refractivity contribution in [3.8, 4) is 11.5 Å². The van der Waals surface area contributed by atoms with Crippen molar-refractivity contribution in [2.45, 2.75) is 13.0 Å². The van der Waals surface area contributed by atoms with Crippen molar-refractivity contribution in [2.24, 2.45) is 0 Å². The van der Waals surface area contributed by atoms with E-state index < -0.39 is 0 Å². The average molecular weight is 283 g/mol. The number of phenols is 1. The first-order chi connectivity index (χ1) is 8.58. The van der Waals surface area contributed by atoms with Gasteiger partial charge in [0.1, 0.15) is 11.9 Å². The van der Waals surface area contributed by atoms with Gasteiger partial charge in [0, 0.05) is 12.1 Å². The molecule has 0 aliphatic heterocycles. The van der Waals surface area contributed by atoms with E-state index in [9.17, 15) is 5.11 Å². The Morgan fingerprint density at radius 2 is 1.61 bits per heavy atom. The Hall–Kier alpha value is -1.38. The van der Waals surface area contributed by atoms with Gasteiger partial charge in [-0.25, -0.2) is 0 Å². The molecule has 0 saturated heterocycles. The molecule has 2 nitrogen and oxygen atoms in total. The van der Waals surface area contributed by atoms with Gasteiger partial charge in [-0.3, -0.25) is 0 Å². The number of rotatable bonds is 3. The van der Waals surface area contributed by atoms with Crippen LogP contribution in [0, 0.1) is 0 Å². The van der Waals surface area contributed by atoms with Crippen molar-refractivity contribution in [1.82, 2.24) is 0 Å². The van der Waals surface area contributed by atoms with Crippen LogP contribution < -0.4 is 4.74 Å². The Bertz CT molecular complexity index is 518. The Morgan fingerprint density at radius 1 is 1.06 bits per heavy atom. The SMILES string of the molecule is CC(Oc1c(Cl)cc(O)cc1Cl)c1ccccc1. The summed E-state index contributed by atoms with van der Waals surface area (Å²) in [5, 5.41) is 9.93. The minimum atomic E-state index is -0.175. The second-order valence-corrected chi connectivity index (χ2v) is 4.72. The van der Waals surface area contributed by atoms with Crippen molar-refractivity contribution in [1.29, 1.82) is 0 Å². The molecule has 1 atom stereocenters. The molecule has 1 N–H and O–H groups in total. The summed E-state index contributed by atoms with van der Waals surface area (Å²) >= 11 is 12.0. The summed E-state index contributed by atoms with van der Waals surface area (Å²) in [4.78, 5) is 0. The summed E-state index contributed by atoms with van der Waals surface area (Å²) in [5.74, 6) is 0.400. The lowest BCUT2D eigenvalue weighted by molar-refractivity contribution is 0.227. The summed E-state index contributed by atoms with van der Waals surface area (Å²) in [6.45, 7) is 1.91. The number of phenolic OH excluding ortho intramolecular Hbond substituents is 1. The highest BCUT2D eigenvalue weighted by molar-refractivity contribution is 6.37. The summed E-state index contributed by atoms with van der Waals surface area (Å²) in [6.07, 6.45) is -0.175. The second-order valence-electron chi connectivity index (χ2n) is 3.91. The molecule has 0 spiro atoms. The first kappa shape index (κ1) is 13.1. The lowest BCUT2D eigenvalue weighted by atomic mass is 10.1. The van der Waals surface area contributed by atoms with Crippen molar-refractivity contribution in [3.63, 3.8) is 0 Å². The number of benzene rings is 2. The lowest BCUT2D eigenvalue weighted by Crippen LogP contribution is -2.03. The van der Waals surface area contributed by atoms with Crippen LogP contribution in [-0.2, 0) is 0 Å². The molecular formula is C14H12Cl2O2. The summed E-state index contributed by atoms with van der Waals surface area (Å²) in [7, 11) is 0. The van der Waals surface area contributed by atoms with Crippen molar-refractivity contribution in [2.75, 3.05) is 0 Å². The van der Waals surface area contributed by atoms with Crippen LogP contribution >= 0.6 is 23.2 Å². The van der Waals surface area contributed by atoms with Crippen LogP contribution in [0.4, 0.5) is 0 Å². The molecular weight excluding hydrogens is 271 g/mol. The Balaban J connectivity index is 2.25. The monoisotopic (exact) mass is 282 g/mol. The largest absolute Gasteiger partial charge is 0.508 e. The third kappa shape index (κ3) is 2.89. The molecule has 2 aromatic carbocycles. The maximum atomic E-state index is 9.35. The molecule has 0 fully saturated rings. The van der Waals surface area contributed by atoms with E-state index in [1.165, 1.54) is 12.1 Å². The fraction of sp³-hybridized carbons (Fsp3) is 0.143. The molecule has 94 valence electrons. The normalized spacial score (nSPS) is 12.2. The smallest absolute Gasteiger partial charge is 0.157 e.